The molecule has 1 aliphatic carbocycles. The molecule has 4 rings (SSSR count). The van der Waals surface area contributed by atoms with Gasteiger partial charge in [0.05, 0.1) is 33.9 Å². The van der Waals surface area contributed by atoms with Crippen LogP contribution in [0.15, 0.2) is 36.5 Å². The highest BCUT2D eigenvalue weighted by molar-refractivity contribution is 7.80. The van der Waals surface area contributed by atoms with Crippen molar-refractivity contribution in [2.24, 2.45) is 11.7 Å². The Hall–Kier alpha value is -2.61. The maximum Gasteiger partial charge on any atom is 0.252 e. The molecule has 0 unspecified atom stereocenters. The minimum Gasteiger partial charge on any atom is -0.496 e. The third kappa shape index (κ3) is 5.97. The summed E-state index contributed by atoms with van der Waals surface area (Å²) in [6, 6.07) is 8.51. The monoisotopic (exact) mass is 531 g/mol. The fourth-order valence-electron chi connectivity index (χ4n) is 4.37. The fraction of sp³-hybridized carbons (Fsp3) is 0.346. The van der Waals surface area contributed by atoms with Crippen molar-refractivity contribution in [3.63, 3.8) is 0 Å². The lowest BCUT2D eigenvalue weighted by Crippen LogP contribution is -2.21. The summed E-state index contributed by atoms with van der Waals surface area (Å²) in [5.41, 5.74) is 7.00. The summed E-state index contributed by atoms with van der Waals surface area (Å²) in [7, 11) is 1.46. The molecular formula is C26H27Cl2N3O3S. The number of hydrogen-bond donors (Lipinski definition) is 2. The third-order valence-corrected chi connectivity index (χ3v) is 7.27. The molecule has 0 bridgehead atoms. The number of nitrogens with two attached hydrogens (primary N) is 1. The van der Waals surface area contributed by atoms with E-state index in [4.69, 9.17) is 50.6 Å². The Morgan fingerprint density at radius 2 is 1.80 bits per heavy atom. The molecule has 184 valence electrons. The van der Waals surface area contributed by atoms with Gasteiger partial charge in [-0.25, -0.2) is 0 Å². The Morgan fingerprint density at radius 1 is 1.09 bits per heavy atom. The Kier molecular flexibility index (Phi) is 8.31. The van der Waals surface area contributed by atoms with Gasteiger partial charge in [0.15, 0.2) is 5.75 Å². The highest BCUT2D eigenvalue weighted by Crippen LogP contribution is 2.39. The number of aromatic nitrogens is 1. The molecule has 0 saturated heterocycles. The highest BCUT2D eigenvalue weighted by atomic mass is 35.5. The number of pyridine rings is 1. The van der Waals surface area contributed by atoms with Crippen LogP contribution in [-0.2, 0) is 0 Å². The summed E-state index contributed by atoms with van der Waals surface area (Å²) in [4.78, 5) is 17.1. The number of amides is 1. The molecule has 3 aromatic rings. The predicted octanol–water partition coefficient (Wildman–Crippen LogP) is 7.54. The zero-order chi connectivity index (χ0) is 24.9. The lowest BCUT2D eigenvalue weighted by molar-refractivity contribution is 0.0997. The molecule has 1 aliphatic rings. The van der Waals surface area contributed by atoms with E-state index in [1.807, 2.05) is 6.07 Å². The van der Waals surface area contributed by atoms with Crippen LogP contribution in [0.25, 0.3) is 10.9 Å². The van der Waals surface area contributed by atoms with Crippen LogP contribution in [0, 0.1) is 5.92 Å². The minimum absolute atomic E-state index is 0.203. The van der Waals surface area contributed by atoms with E-state index in [9.17, 15) is 4.79 Å². The van der Waals surface area contributed by atoms with E-state index >= 15 is 0 Å². The second-order valence-corrected chi connectivity index (χ2v) is 9.90. The van der Waals surface area contributed by atoms with Crippen molar-refractivity contribution in [3.05, 3.63) is 52.1 Å². The first-order valence-electron chi connectivity index (χ1n) is 11.6. The van der Waals surface area contributed by atoms with Crippen molar-refractivity contribution in [3.8, 4) is 17.2 Å². The number of methoxy groups -OCH3 is 1. The first-order chi connectivity index (χ1) is 16.9. The Morgan fingerprint density at radius 3 is 2.46 bits per heavy atom. The van der Waals surface area contributed by atoms with Gasteiger partial charge in [-0.15, -0.1) is 0 Å². The van der Waals surface area contributed by atoms with Crippen LogP contribution in [0.1, 0.15) is 55.3 Å². The third-order valence-electron chi connectivity index (χ3n) is 6.26. The van der Waals surface area contributed by atoms with Crippen LogP contribution in [0.3, 0.4) is 0 Å². The number of carbonyl (C=O) groups is 1. The SMILES string of the molecule is COc1cc2ncc(Cl)c(Oc3ccc(NC(=S)C4CCCCCCC4)c(Cl)c3)c2cc1C(N)=O. The van der Waals surface area contributed by atoms with Gasteiger partial charge in [0, 0.05) is 29.6 Å². The second kappa shape index (κ2) is 11.4. The van der Waals surface area contributed by atoms with Crippen LogP contribution in [-0.4, -0.2) is 23.0 Å². The number of benzene rings is 2. The van der Waals surface area contributed by atoms with Gasteiger partial charge in [0.2, 0.25) is 0 Å². The number of anilines is 1. The first kappa shape index (κ1) is 25.5. The molecule has 3 N–H and O–H groups in total. The maximum atomic E-state index is 11.9. The molecule has 2 aromatic carbocycles. The maximum absolute atomic E-state index is 11.9. The molecule has 1 saturated carbocycles. The Labute approximate surface area is 220 Å². The average Bonchev–Trinajstić information content (AvgIpc) is 2.81. The summed E-state index contributed by atoms with van der Waals surface area (Å²) >= 11 is 18.7. The summed E-state index contributed by atoms with van der Waals surface area (Å²) < 4.78 is 11.4. The fourth-order valence-corrected chi connectivity index (χ4v) is 5.12. The van der Waals surface area contributed by atoms with Gasteiger partial charge < -0.3 is 20.5 Å². The van der Waals surface area contributed by atoms with E-state index in [0.29, 0.717) is 39.1 Å². The number of halogens is 2. The molecule has 0 spiro atoms. The molecule has 1 fully saturated rings. The summed E-state index contributed by atoms with van der Waals surface area (Å²) in [6.45, 7) is 0. The zero-order valence-corrected chi connectivity index (χ0v) is 21.7. The number of carbonyl (C=O) groups excluding carboxylic acids is 1. The predicted molar refractivity (Wildman–Crippen MR) is 145 cm³/mol. The summed E-state index contributed by atoms with van der Waals surface area (Å²) in [6.07, 6.45) is 9.96. The van der Waals surface area contributed by atoms with E-state index in [0.717, 1.165) is 23.5 Å². The molecule has 1 heterocycles. The summed E-state index contributed by atoms with van der Waals surface area (Å²) in [5, 5.41) is 4.62. The number of nitrogens with one attached hydrogen (secondary N) is 1. The standard InChI is InChI=1S/C26H27Cl2N3O3S/c1-33-23-13-22-17(12-18(23)25(29)32)24(20(28)14-30-22)34-16-9-10-21(19(27)11-16)31-26(35)15-7-5-3-2-4-6-8-15/h9-15H,2-8H2,1H3,(H2,29,32)(H,31,35). The van der Waals surface area contributed by atoms with Gasteiger partial charge in [-0.05, 0) is 31.0 Å². The minimum atomic E-state index is -0.631. The molecule has 0 radical (unpaired) electrons. The van der Waals surface area contributed by atoms with Crippen molar-refractivity contribution in [2.75, 3.05) is 12.4 Å². The largest absolute Gasteiger partial charge is 0.496 e. The Balaban J connectivity index is 1.58. The number of primary amides is 1. The average molecular weight is 532 g/mol. The van der Waals surface area contributed by atoms with Crippen molar-refractivity contribution in [2.45, 2.75) is 44.9 Å². The van der Waals surface area contributed by atoms with Crippen LogP contribution in [0.5, 0.6) is 17.2 Å². The molecule has 1 amide bonds. The van der Waals surface area contributed by atoms with E-state index in [1.54, 1.807) is 24.3 Å². The molecule has 0 aliphatic heterocycles. The van der Waals surface area contributed by atoms with E-state index in [2.05, 4.69) is 10.3 Å². The number of ether oxygens (including phenoxy) is 2. The highest BCUT2D eigenvalue weighted by Gasteiger charge is 2.19. The Bertz CT molecular complexity index is 1260. The number of rotatable bonds is 6. The number of hydrogen-bond acceptors (Lipinski definition) is 5. The van der Waals surface area contributed by atoms with Gasteiger partial charge in [-0.1, -0.05) is 67.5 Å². The zero-order valence-electron chi connectivity index (χ0n) is 19.4. The topological polar surface area (TPSA) is 86.5 Å². The lowest BCUT2D eigenvalue weighted by atomic mass is 9.91. The van der Waals surface area contributed by atoms with E-state index in [1.165, 1.54) is 45.4 Å². The molecule has 1 aromatic heterocycles. The lowest BCUT2D eigenvalue weighted by Gasteiger charge is -2.22. The molecule has 35 heavy (non-hydrogen) atoms. The molecule has 0 atom stereocenters. The van der Waals surface area contributed by atoms with Gasteiger partial charge >= 0.3 is 0 Å². The second-order valence-electron chi connectivity index (χ2n) is 8.64. The van der Waals surface area contributed by atoms with Crippen molar-refractivity contribution in [1.82, 2.24) is 4.98 Å². The van der Waals surface area contributed by atoms with Gasteiger partial charge in [0.1, 0.15) is 16.5 Å². The van der Waals surface area contributed by atoms with Gasteiger partial charge in [-0.3, -0.25) is 9.78 Å². The molecule has 6 nitrogen and oxygen atoms in total. The van der Waals surface area contributed by atoms with Crippen LogP contribution >= 0.6 is 35.4 Å². The molecule has 9 heteroatoms. The molecular weight excluding hydrogens is 505 g/mol. The number of nitrogens with zero attached hydrogens (tertiary/aromatic N) is 1. The number of fused-ring (bicyclic) bond motifs is 1. The van der Waals surface area contributed by atoms with Crippen molar-refractivity contribution >= 4 is 62.9 Å². The van der Waals surface area contributed by atoms with Crippen molar-refractivity contribution in [1.29, 1.82) is 0 Å². The van der Waals surface area contributed by atoms with E-state index in [-0.39, 0.29) is 10.6 Å². The number of thiocarbonyl (C=S) groups is 1. The first-order valence-corrected chi connectivity index (χ1v) is 12.8. The normalized spacial score (nSPS) is 14.7. The van der Waals surface area contributed by atoms with Crippen molar-refractivity contribution < 1.29 is 14.3 Å². The smallest absolute Gasteiger partial charge is 0.252 e. The van der Waals surface area contributed by atoms with Crippen LogP contribution in [0.4, 0.5) is 5.69 Å². The van der Waals surface area contributed by atoms with Crippen LogP contribution < -0.4 is 20.5 Å². The summed E-state index contributed by atoms with van der Waals surface area (Å²) in [5.74, 6) is 0.876. The van der Waals surface area contributed by atoms with Gasteiger partial charge in [-0.2, -0.15) is 0 Å². The van der Waals surface area contributed by atoms with Crippen LogP contribution in [0.2, 0.25) is 10.0 Å². The van der Waals surface area contributed by atoms with E-state index < -0.39 is 5.91 Å². The quantitative estimate of drug-likeness (QED) is 0.319. The van der Waals surface area contributed by atoms with Gasteiger partial charge in [0.25, 0.3) is 5.91 Å².